The molecule has 42 heavy (non-hydrogen) atoms. The predicted molar refractivity (Wildman–Crippen MR) is 166 cm³/mol. The summed E-state index contributed by atoms with van der Waals surface area (Å²) < 4.78 is 10.8. The molecule has 0 atom stereocenters. The Hall–Kier alpha value is -4.91. The number of rotatable bonds is 11. The highest BCUT2D eigenvalue weighted by atomic mass is 16.5. The van der Waals surface area contributed by atoms with Gasteiger partial charge < -0.3 is 19.7 Å². The van der Waals surface area contributed by atoms with Crippen LogP contribution < -0.4 is 14.8 Å². The van der Waals surface area contributed by atoms with E-state index in [1.807, 2.05) is 17.0 Å². The molecule has 7 nitrogen and oxygen atoms in total. The number of aromatic nitrogens is 2. The van der Waals surface area contributed by atoms with E-state index in [2.05, 4.69) is 75.9 Å². The van der Waals surface area contributed by atoms with Crippen LogP contribution in [0, 0.1) is 0 Å². The van der Waals surface area contributed by atoms with Gasteiger partial charge in [0.05, 0.1) is 19.7 Å². The zero-order valence-corrected chi connectivity index (χ0v) is 23.9. The number of nitrogens with zero attached hydrogens (tertiary/aromatic N) is 3. The van der Waals surface area contributed by atoms with Crippen LogP contribution in [-0.4, -0.2) is 47.6 Å². The molecule has 0 aliphatic heterocycles. The van der Waals surface area contributed by atoms with E-state index in [9.17, 15) is 4.79 Å². The summed E-state index contributed by atoms with van der Waals surface area (Å²) in [7, 11) is 3.17. The fourth-order valence-electron chi connectivity index (χ4n) is 5.28. The Bertz CT molecular complexity index is 1700. The molecule has 1 fully saturated rings. The van der Waals surface area contributed by atoms with E-state index in [0.717, 1.165) is 59.2 Å². The van der Waals surface area contributed by atoms with Crippen molar-refractivity contribution in [2.45, 2.75) is 31.8 Å². The molecule has 1 N–H and O–H groups in total. The predicted octanol–water partition coefficient (Wildman–Crippen LogP) is 6.77. The number of carbonyl (C=O) groups is 1. The number of carbonyl (C=O) groups excluding carboxylic acids is 1. The fraction of sp³-hybridized carbons (Fsp3) is 0.229. The van der Waals surface area contributed by atoms with Gasteiger partial charge in [-0.05, 0) is 77.9 Å². The first kappa shape index (κ1) is 27.3. The van der Waals surface area contributed by atoms with Crippen molar-refractivity contribution >= 4 is 22.6 Å². The van der Waals surface area contributed by atoms with E-state index in [-0.39, 0.29) is 11.9 Å². The molecule has 7 heteroatoms. The summed E-state index contributed by atoms with van der Waals surface area (Å²) in [5, 5.41) is 4.49. The largest absolute Gasteiger partial charge is 0.493 e. The Morgan fingerprint density at radius 2 is 1.62 bits per heavy atom. The molecular formula is C35H34N4O3. The number of hydrogen-bond acceptors (Lipinski definition) is 6. The van der Waals surface area contributed by atoms with E-state index < -0.39 is 0 Å². The molecular weight excluding hydrogens is 524 g/mol. The lowest BCUT2D eigenvalue weighted by Gasteiger charge is -2.23. The second-order valence-corrected chi connectivity index (χ2v) is 10.6. The first-order chi connectivity index (χ1) is 20.6. The summed E-state index contributed by atoms with van der Waals surface area (Å²) in [6, 6.07) is 30.7. The zero-order chi connectivity index (χ0) is 28.9. The van der Waals surface area contributed by atoms with Gasteiger partial charge in [0.2, 0.25) is 0 Å². The van der Waals surface area contributed by atoms with E-state index in [1.165, 1.54) is 5.56 Å². The minimum atomic E-state index is -0.00192. The van der Waals surface area contributed by atoms with Crippen LogP contribution in [0.15, 0.2) is 97.3 Å². The molecule has 5 aromatic rings. The Kier molecular flexibility index (Phi) is 7.99. The maximum absolute atomic E-state index is 13.6. The van der Waals surface area contributed by atoms with Gasteiger partial charge in [0, 0.05) is 30.1 Å². The molecule has 4 aromatic carbocycles. The van der Waals surface area contributed by atoms with Crippen molar-refractivity contribution in [2.75, 3.05) is 26.1 Å². The monoisotopic (exact) mass is 558 g/mol. The Morgan fingerprint density at radius 3 is 2.40 bits per heavy atom. The van der Waals surface area contributed by atoms with E-state index in [4.69, 9.17) is 9.47 Å². The third kappa shape index (κ3) is 6.05. The van der Waals surface area contributed by atoms with E-state index in [0.29, 0.717) is 23.6 Å². The summed E-state index contributed by atoms with van der Waals surface area (Å²) in [6.45, 7) is 1.32. The quantitative estimate of drug-likeness (QED) is 0.193. The van der Waals surface area contributed by atoms with Crippen LogP contribution >= 0.6 is 0 Å². The van der Waals surface area contributed by atoms with Gasteiger partial charge in [-0.25, -0.2) is 9.97 Å². The summed E-state index contributed by atoms with van der Waals surface area (Å²) >= 11 is 0. The second kappa shape index (κ2) is 12.3. The molecule has 0 bridgehead atoms. The Labute approximate surface area is 246 Å². The van der Waals surface area contributed by atoms with Gasteiger partial charge in [0.15, 0.2) is 11.5 Å². The number of fused-ring (bicyclic) bond motifs is 1. The molecule has 1 aromatic heterocycles. The highest BCUT2D eigenvalue weighted by Gasteiger charge is 2.33. The minimum absolute atomic E-state index is 0.00192. The maximum atomic E-state index is 13.6. The number of benzene rings is 4. The van der Waals surface area contributed by atoms with Crippen LogP contribution in [0.3, 0.4) is 0 Å². The number of anilines is 1. The molecule has 1 aliphatic rings. The molecule has 6 rings (SSSR count). The number of ether oxygens (including phenoxy) is 2. The van der Waals surface area contributed by atoms with Crippen molar-refractivity contribution < 1.29 is 14.3 Å². The summed E-state index contributed by atoms with van der Waals surface area (Å²) in [6.07, 6.45) is 4.55. The smallest absolute Gasteiger partial charge is 0.254 e. The highest BCUT2D eigenvalue weighted by Crippen LogP contribution is 2.34. The molecule has 1 aliphatic carbocycles. The van der Waals surface area contributed by atoms with Gasteiger partial charge in [-0.2, -0.15) is 0 Å². The highest BCUT2D eigenvalue weighted by molar-refractivity contribution is 5.95. The maximum Gasteiger partial charge on any atom is 0.254 e. The van der Waals surface area contributed by atoms with Crippen molar-refractivity contribution in [3.05, 3.63) is 114 Å². The number of amides is 1. The first-order valence-corrected chi connectivity index (χ1v) is 14.3. The van der Waals surface area contributed by atoms with Crippen LogP contribution in [0.2, 0.25) is 0 Å². The first-order valence-electron chi connectivity index (χ1n) is 14.3. The van der Waals surface area contributed by atoms with Gasteiger partial charge >= 0.3 is 0 Å². The zero-order valence-electron chi connectivity index (χ0n) is 23.9. The molecule has 212 valence electrons. The molecule has 1 saturated carbocycles. The topological polar surface area (TPSA) is 76.6 Å². The van der Waals surface area contributed by atoms with Crippen molar-refractivity contribution in [1.29, 1.82) is 0 Å². The lowest BCUT2D eigenvalue weighted by atomic mass is 10.0. The van der Waals surface area contributed by atoms with Gasteiger partial charge in [-0.1, -0.05) is 54.6 Å². The average molecular weight is 559 g/mol. The standard InChI is InChI=1S/C35H34N4O3/c1-41-32-16-12-28(21-33(32)42-2)35(40)39(29-13-14-29)22-25-9-6-10-26(19-25)27-11-15-31-30(20-27)34(38-23-37-31)36-18-17-24-7-4-3-5-8-24/h3-12,15-16,19-21,23,29H,13-14,17-18,22H2,1-2H3,(H,36,37,38). The van der Waals surface area contributed by atoms with Crippen LogP contribution in [0.5, 0.6) is 11.5 Å². The third-order valence-corrected chi connectivity index (χ3v) is 7.68. The lowest BCUT2D eigenvalue weighted by molar-refractivity contribution is 0.0729. The molecule has 0 saturated heterocycles. The van der Waals surface area contributed by atoms with Gasteiger partial charge in [0.25, 0.3) is 5.91 Å². The summed E-state index contributed by atoms with van der Waals surface area (Å²) in [5.74, 6) is 1.98. The van der Waals surface area contributed by atoms with E-state index >= 15 is 0 Å². The lowest BCUT2D eigenvalue weighted by Crippen LogP contribution is -2.32. The van der Waals surface area contributed by atoms with Crippen LogP contribution in [0.1, 0.15) is 34.3 Å². The summed E-state index contributed by atoms with van der Waals surface area (Å²) in [5.41, 5.74) is 6.02. The van der Waals surface area contributed by atoms with Crippen molar-refractivity contribution in [1.82, 2.24) is 14.9 Å². The van der Waals surface area contributed by atoms with E-state index in [1.54, 1.807) is 38.7 Å². The van der Waals surface area contributed by atoms with Crippen LogP contribution in [0.4, 0.5) is 5.82 Å². The van der Waals surface area contributed by atoms with Crippen molar-refractivity contribution in [2.24, 2.45) is 0 Å². The van der Waals surface area contributed by atoms with Gasteiger partial charge in [-0.3, -0.25) is 4.79 Å². The van der Waals surface area contributed by atoms with Crippen molar-refractivity contribution in [3.8, 4) is 22.6 Å². The average Bonchev–Trinajstić information content (AvgIpc) is 3.89. The Balaban J connectivity index is 1.22. The van der Waals surface area contributed by atoms with Crippen molar-refractivity contribution in [3.63, 3.8) is 0 Å². The molecule has 0 radical (unpaired) electrons. The van der Waals surface area contributed by atoms with Gasteiger partial charge in [-0.15, -0.1) is 0 Å². The molecule has 1 heterocycles. The van der Waals surface area contributed by atoms with Crippen LogP contribution in [0.25, 0.3) is 22.0 Å². The number of nitrogens with one attached hydrogen (secondary N) is 1. The Morgan fingerprint density at radius 1 is 0.833 bits per heavy atom. The van der Waals surface area contributed by atoms with Gasteiger partial charge in [0.1, 0.15) is 12.1 Å². The van der Waals surface area contributed by atoms with Crippen LogP contribution in [-0.2, 0) is 13.0 Å². The molecule has 1 amide bonds. The molecule has 0 unspecified atom stereocenters. The number of hydrogen-bond donors (Lipinski definition) is 1. The minimum Gasteiger partial charge on any atom is -0.493 e. The third-order valence-electron chi connectivity index (χ3n) is 7.68. The fourth-order valence-corrected chi connectivity index (χ4v) is 5.28. The second-order valence-electron chi connectivity index (χ2n) is 10.6. The molecule has 0 spiro atoms. The number of methoxy groups -OCH3 is 2. The normalized spacial score (nSPS) is 12.6. The SMILES string of the molecule is COc1ccc(C(=O)N(Cc2cccc(-c3ccc4ncnc(NCCc5ccccc5)c4c3)c2)C2CC2)cc1OC. The summed E-state index contributed by atoms with van der Waals surface area (Å²) in [4.78, 5) is 24.6.